The van der Waals surface area contributed by atoms with Gasteiger partial charge in [-0.15, -0.1) is 0 Å². The number of carbonyl (C=O) groups is 1. The highest BCUT2D eigenvalue weighted by Crippen LogP contribution is 2.10. The number of thiophene rings is 1. The van der Waals surface area contributed by atoms with Gasteiger partial charge in [0.05, 0.1) is 0 Å². The lowest BCUT2D eigenvalue weighted by Crippen LogP contribution is -2.27. The van der Waals surface area contributed by atoms with Crippen LogP contribution >= 0.6 is 11.3 Å². The molecule has 2 heterocycles. The molecule has 0 aliphatic heterocycles. The van der Waals surface area contributed by atoms with Crippen molar-refractivity contribution >= 4 is 17.2 Å². The third-order valence-corrected chi connectivity index (χ3v) is 4.09. The molecule has 0 aromatic carbocycles. The summed E-state index contributed by atoms with van der Waals surface area (Å²) in [7, 11) is 1.78. The molecule has 2 aromatic heterocycles. The molecule has 2 aromatic rings. The minimum absolute atomic E-state index is 0.0283. The molecule has 0 saturated heterocycles. The predicted molar refractivity (Wildman–Crippen MR) is 83.4 cm³/mol. The quantitative estimate of drug-likeness (QED) is 0.919. The molecule has 0 saturated carbocycles. The summed E-state index contributed by atoms with van der Waals surface area (Å²) in [5.41, 5.74) is 2.28. The maximum absolute atomic E-state index is 12.1. The third kappa shape index (κ3) is 4.01. The van der Waals surface area contributed by atoms with Crippen LogP contribution < -0.4 is 5.56 Å². The molecule has 0 aliphatic rings. The lowest BCUT2D eigenvalue weighted by molar-refractivity contribution is -0.130. The molecule has 0 atom stereocenters. The van der Waals surface area contributed by atoms with Gasteiger partial charge in [0, 0.05) is 31.3 Å². The third-order valence-electron chi connectivity index (χ3n) is 3.36. The molecule has 1 N–H and O–H groups in total. The Morgan fingerprint density at radius 1 is 1.43 bits per heavy atom. The van der Waals surface area contributed by atoms with Gasteiger partial charge in [-0.3, -0.25) is 9.59 Å². The fourth-order valence-electron chi connectivity index (χ4n) is 2.21. The van der Waals surface area contributed by atoms with E-state index in [1.165, 1.54) is 0 Å². The number of amides is 1. The van der Waals surface area contributed by atoms with E-state index in [0.29, 0.717) is 36.5 Å². The fraction of sp³-hybridized carbons (Fsp3) is 0.400. The summed E-state index contributed by atoms with van der Waals surface area (Å²) in [5, 5.41) is 4.02. The molecule has 2 rings (SSSR count). The monoisotopic (exact) mass is 305 g/mol. The SMILES string of the molecule is Cc1nc(C)c(CCC(=O)N(C)Cc2ccsc2)c(=O)[nH]1. The van der Waals surface area contributed by atoms with Crippen molar-refractivity contribution in [1.29, 1.82) is 0 Å². The van der Waals surface area contributed by atoms with Gasteiger partial charge in [0.25, 0.3) is 5.56 Å². The van der Waals surface area contributed by atoms with Gasteiger partial charge in [-0.2, -0.15) is 11.3 Å². The van der Waals surface area contributed by atoms with Crippen LogP contribution in [-0.4, -0.2) is 27.8 Å². The van der Waals surface area contributed by atoms with Gasteiger partial charge in [-0.25, -0.2) is 4.98 Å². The highest BCUT2D eigenvalue weighted by molar-refractivity contribution is 7.07. The van der Waals surface area contributed by atoms with Crippen LogP contribution in [0.5, 0.6) is 0 Å². The Kier molecular flexibility index (Phi) is 4.90. The summed E-state index contributed by atoms with van der Waals surface area (Å²) in [5.74, 6) is 0.628. The first-order chi connectivity index (χ1) is 9.97. The summed E-state index contributed by atoms with van der Waals surface area (Å²) < 4.78 is 0. The molecule has 112 valence electrons. The van der Waals surface area contributed by atoms with E-state index in [1.807, 2.05) is 16.8 Å². The average molecular weight is 305 g/mol. The number of nitrogens with one attached hydrogen (secondary N) is 1. The number of nitrogens with zero attached hydrogens (tertiary/aromatic N) is 2. The lowest BCUT2D eigenvalue weighted by atomic mass is 10.1. The van der Waals surface area contributed by atoms with Crippen molar-refractivity contribution in [3.05, 3.63) is 49.8 Å². The Hall–Kier alpha value is -1.95. The van der Waals surface area contributed by atoms with Gasteiger partial charge in [0.1, 0.15) is 5.82 Å². The second-order valence-corrected chi connectivity index (χ2v) is 5.88. The topological polar surface area (TPSA) is 66.1 Å². The van der Waals surface area contributed by atoms with Crippen LogP contribution in [0.1, 0.15) is 29.1 Å². The van der Waals surface area contributed by atoms with E-state index in [-0.39, 0.29) is 11.5 Å². The highest BCUT2D eigenvalue weighted by atomic mass is 32.1. The van der Waals surface area contributed by atoms with E-state index in [2.05, 4.69) is 9.97 Å². The van der Waals surface area contributed by atoms with Crippen LogP contribution in [0.25, 0.3) is 0 Å². The van der Waals surface area contributed by atoms with E-state index < -0.39 is 0 Å². The molecule has 0 bridgehead atoms. The zero-order valence-electron chi connectivity index (χ0n) is 12.5. The Labute approximate surface area is 127 Å². The molecule has 0 fully saturated rings. The van der Waals surface area contributed by atoms with Gasteiger partial charge in [-0.05, 0) is 42.7 Å². The predicted octanol–water partition coefficient (Wildman–Crippen LogP) is 2.04. The second kappa shape index (κ2) is 6.67. The van der Waals surface area contributed by atoms with Gasteiger partial charge in [-0.1, -0.05) is 0 Å². The summed E-state index contributed by atoms with van der Waals surface area (Å²) >= 11 is 1.62. The van der Waals surface area contributed by atoms with E-state index in [1.54, 1.807) is 37.1 Å². The first-order valence-corrected chi connectivity index (χ1v) is 7.73. The van der Waals surface area contributed by atoms with E-state index >= 15 is 0 Å². The molecular formula is C15H19N3O2S. The van der Waals surface area contributed by atoms with Gasteiger partial charge in [0.15, 0.2) is 0 Å². The summed E-state index contributed by atoms with van der Waals surface area (Å²) in [6, 6.07) is 2.01. The number of hydrogen-bond acceptors (Lipinski definition) is 4. The van der Waals surface area contributed by atoms with Crippen LogP contribution in [0.2, 0.25) is 0 Å². The fourth-order valence-corrected chi connectivity index (χ4v) is 2.87. The molecule has 0 aliphatic carbocycles. The van der Waals surface area contributed by atoms with Crippen molar-refractivity contribution in [2.45, 2.75) is 33.2 Å². The van der Waals surface area contributed by atoms with E-state index in [9.17, 15) is 9.59 Å². The molecule has 0 radical (unpaired) electrons. The molecule has 21 heavy (non-hydrogen) atoms. The van der Waals surface area contributed by atoms with Crippen molar-refractivity contribution in [1.82, 2.24) is 14.9 Å². The number of rotatable bonds is 5. The summed E-state index contributed by atoms with van der Waals surface area (Å²) in [6.45, 7) is 4.15. The minimum Gasteiger partial charge on any atom is -0.341 e. The number of aromatic amines is 1. The van der Waals surface area contributed by atoms with Crippen molar-refractivity contribution in [3.63, 3.8) is 0 Å². The molecular weight excluding hydrogens is 286 g/mol. The second-order valence-electron chi connectivity index (χ2n) is 5.10. The zero-order chi connectivity index (χ0) is 15.4. The number of carbonyl (C=O) groups excluding carboxylic acids is 1. The van der Waals surface area contributed by atoms with Crippen LogP contribution in [0.15, 0.2) is 21.6 Å². The van der Waals surface area contributed by atoms with Crippen molar-refractivity contribution in [3.8, 4) is 0 Å². The van der Waals surface area contributed by atoms with Crippen molar-refractivity contribution < 1.29 is 4.79 Å². The number of hydrogen-bond donors (Lipinski definition) is 1. The van der Waals surface area contributed by atoms with Crippen LogP contribution in [0.4, 0.5) is 0 Å². The van der Waals surface area contributed by atoms with Crippen molar-refractivity contribution in [2.24, 2.45) is 0 Å². The molecule has 6 heteroatoms. The normalized spacial score (nSPS) is 10.6. The maximum Gasteiger partial charge on any atom is 0.254 e. The van der Waals surface area contributed by atoms with E-state index in [0.717, 1.165) is 5.56 Å². The van der Waals surface area contributed by atoms with Gasteiger partial charge in [0.2, 0.25) is 5.91 Å². The highest BCUT2D eigenvalue weighted by Gasteiger charge is 2.13. The van der Waals surface area contributed by atoms with Crippen LogP contribution in [-0.2, 0) is 17.8 Å². The van der Waals surface area contributed by atoms with E-state index in [4.69, 9.17) is 0 Å². The standard InChI is InChI=1S/C15H19N3O2S/c1-10-13(15(20)17-11(2)16-10)4-5-14(19)18(3)8-12-6-7-21-9-12/h6-7,9H,4-5,8H2,1-3H3,(H,16,17,20). The van der Waals surface area contributed by atoms with Crippen LogP contribution in [0.3, 0.4) is 0 Å². The summed E-state index contributed by atoms with van der Waals surface area (Å²) in [4.78, 5) is 32.6. The minimum atomic E-state index is -0.145. The average Bonchev–Trinajstić information content (AvgIpc) is 2.89. The molecule has 5 nitrogen and oxygen atoms in total. The summed E-state index contributed by atoms with van der Waals surface area (Å²) in [6.07, 6.45) is 0.733. The lowest BCUT2D eigenvalue weighted by Gasteiger charge is -2.16. The van der Waals surface area contributed by atoms with Gasteiger partial charge >= 0.3 is 0 Å². The molecule has 0 unspecified atom stereocenters. The largest absolute Gasteiger partial charge is 0.341 e. The number of H-pyrrole nitrogens is 1. The zero-order valence-corrected chi connectivity index (χ0v) is 13.3. The maximum atomic E-state index is 12.1. The van der Waals surface area contributed by atoms with Gasteiger partial charge < -0.3 is 9.88 Å². The number of aromatic nitrogens is 2. The first kappa shape index (κ1) is 15.4. The Balaban J connectivity index is 1.96. The Morgan fingerprint density at radius 2 is 2.19 bits per heavy atom. The molecule has 1 amide bonds. The Bertz CT molecular complexity index is 677. The first-order valence-electron chi connectivity index (χ1n) is 6.79. The van der Waals surface area contributed by atoms with Crippen LogP contribution in [0, 0.1) is 13.8 Å². The smallest absolute Gasteiger partial charge is 0.254 e. The number of aryl methyl sites for hydroxylation is 2. The van der Waals surface area contributed by atoms with Crippen molar-refractivity contribution in [2.75, 3.05) is 7.05 Å². The Morgan fingerprint density at radius 3 is 2.81 bits per heavy atom. The molecule has 0 spiro atoms.